The number of benzene rings is 1. The maximum Gasteiger partial charge on any atom is 0.306 e. The topological polar surface area (TPSA) is 78.4 Å². The zero-order chi connectivity index (χ0) is 15.2. The number of carbonyl (C=O) groups is 2. The van der Waals surface area contributed by atoms with Crippen LogP contribution in [0.4, 0.5) is 5.69 Å². The molecule has 2 rings (SSSR count). The van der Waals surface area contributed by atoms with Gasteiger partial charge in [0.25, 0.3) is 0 Å². The van der Waals surface area contributed by atoms with Crippen LogP contribution in [-0.4, -0.2) is 29.6 Å². The van der Waals surface area contributed by atoms with Crippen LogP contribution in [0.15, 0.2) is 24.3 Å². The molecule has 5 nitrogen and oxygen atoms in total. The minimum absolute atomic E-state index is 0.0933. The quantitative estimate of drug-likeness (QED) is 0.781. The molecule has 0 spiro atoms. The van der Waals surface area contributed by atoms with Gasteiger partial charge >= 0.3 is 5.97 Å². The molecule has 1 aromatic rings. The highest BCUT2D eigenvalue weighted by molar-refractivity contribution is 6.30. The maximum atomic E-state index is 11.8. The van der Waals surface area contributed by atoms with Gasteiger partial charge in [-0.25, -0.2) is 0 Å². The fraction of sp³-hybridized carbons (Fsp3) is 0.467. The molecule has 0 aromatic heterocycles. The number of aliphatic carboxylic acids is 1. The number of hydrogen-bond acceptors (Lipinski definition) is 3. The monoisotopic (exact) mass is 310 g/mol. The lowest BCUT2D eigenvalue weighted by atomic mass is 9.86. The van der Waals surface area contributed by atoms with E-state index in [9.17, 15) is 9.59 Å². The summed E-state index contributed by atoms with van der Waals surface area (Å²) in [5, 5.41) is 15.6. The van der Waals surface area contributed by atoms with Gasteiger partial charge in [-0.3, -0.25) is 9.59 Å². The molecular formula is C15H19ClN2O3. The summed E-state index contributed by atoms with van der Waals surface area (Å²) >= 11 is 5.78. The predicted octanol–water partition coefficient (Wildman–Crippen LogP) is 2.51. The van der Waals surface area contributed by atoms with Crippen LogP contribution in [0.5, 0.6) is 0 Å². The fourth-order valence-corrected chi connectivity index (χ4v) is 2.70. The summed E-state index contributed by atoms with van der Waals surface area (Å²) in [6.07, 6.45) is 3.11. The van der Waals surface area contributed by atoms with E-state index in [1.807, 2.05) is 0 Å². The fourth-order valence-electron chi connectivity index (χ4n) is 2.57. The van der Waals surface area contributed by atoms with Gasteiger partial charge < -0.3 is 15.7 Å². The second kappa shape index (κ2) is 7.43. The van der Waals surface area contributed by atoms with E-state index in [2.05, 4.69) is 10.6 Å². The third-order valence-electron chi connectivity index (χ3n) is 3.70. The lowest BCUT2D eigenvalue weighted by Crippen LogP contribution is -2.40. The molecule has 0 aliphatic heterocycles. The molecule has 0 heterocycles. The Balaban J connectivity index is 1.76. The Morgan fingerprint density at radius 3 is 2.62 bits per heavy atom. The van der Waals surface area contributed by atoms with Crippen LogP contribution < -0.4 is 10.6 Å². The van der Waals surface area contributed by atoms with Crippen LogP contribution in [0, 0.1) is 5.92 Å². The van der Waals surface area contributed by atoms with Gasteiger partial charge in [0.2, 0.25) is 5.91 Å². The minimum atomic E-state index is -0.743. The standard InChI is InChI=1S/C15H19ClN2O3/c16-11-4-6-12(7-5-11)18-14(19)9-17-13-3-1-2-10(8-13)15(20)21/h4-7,10,13,17H,1-3,8-9H2,(H,18,19)(H,20,21). The van der Waals surface area contributed by atoms with Gasteiger partial charge in [0.15, 0.2) is 0 Å². The molecule has 1 fully saturated rings. The van der Waals surface area contributed by atoms with Gasteiger partial charge in [0.05, 0.1) is 12.5 Å². The van der Waals surface area contributed by atoms with Crippen LogP contribution in [0.1, 0.15) is 25.7 Å². The molecule has 21 heavy (non-hydrogen) atoms. The van der Waals surface area contributed by atoms with E-state index >= 15 is 0 Å². The van der Waals surface area contributed by atoms with Crippen LogP contribution in [0.2, 0.25) is 5.02 Å². The molecular weight excluding hydrogens is 292 g/mol. The first-order valence-electron chi connectivity index (χ1n) is 7.06. The summed E-state index contributed by atoms with van der Waals surface area (Å²) in [5.74, 6) is -1.18. The summed E-state index contributed by atoms with van der Waals surface area (Å²) in [7, 11) is 0. The zero-order valence-electron chi connectivity index (χ0n) is 11.6. The normalized spacial score (nSPS) is 21.8. The van der Waals surface area contributed by atoms with Crippen molar-refractivity contribution in [3.63, 3.8) is 0 Å². The van der Waals surface area contributed by atoms with Crippen molar-refractivity contribution >= 4 is 29.2 Å². The van der Waals surface area contributed by atoms with E-state index in [1.165, 1.54) is 0 Å². The van der Waals surface area contributed by atoms with E-state index in [0.717, 1.165) is 19.3 Å². The van der Waals surface area contributed by atoms with Gasteiger partial charge in [-0.2, -0.15) is 0 Å². The summed E-state index contributed by atoms with van der Waals surface area (Å²) in [4.78, 5) is 22.8. The van der Waals surface area contributed by atoms with E-state index < -0.39 is 5.97 Å². The molecule has 3 N–H and O–H groups in total. The lowest BCUT2D eigenvalue weighted by Gasteiger charge is -2.27. The highest BCUT2D eigenvalue weighted by atomic mass is 35.5. The zero-order valence-corrected chi connectivity index (χ0v) is 12.4. The lowest BCUT2D eigenvalue weighted by molar-refractivity contribution is -0.143. The predicted molar refractivity (Wildman–Crippen MR) is 81.5 cm³/mol. The average Bonchev–Trinajstić information content (AvgIpc) is 2.48. The number of nitrogens with one attached hydrogen (secondary N) is 2. The second-order valence-corrected chi connectivity index (χ2v) is 5.77. The number of carboxylic acids is 1. The van der Waals surface area contributed by atoms with E-state index in [-0.39, 0.29) is 24.4 Å². The second-order valence-electron chi connectivity index (χ2n) is 5.33. The summed E-state index contributed by atoms with van der Waals surface area (Å²) in [5.41, 5.74) is 0.693. The van der Waals surface area contributed by atoms with Gasteiger partial charge in [-0.15, -0.1) is 0 Å². The molecule has 114 valence electrons. The molecule has 1 aliphatic rings. The molecule has 6 heteroatoms. The van der Waals surface area contributed by atoms with Crippen LogP contribution in [0.3, 0.4) is 0 Å². The minimum Gasteiger partial charge on any atom is -0.481 e. The van der Waals surface area contributed by atoms with Gasteiger partial charge in [-0.1, -0.05) is 18.0 Å². The van der Waals surface area contributed by atoms with Gasteiger partial charge in [-0.05, 0) is 43.5 Å². The van der Waals surface area contributed by atoms with E-state index in [0.29, 0.717) is 17.1 Å². The Bertz CT molecular complexity index is 504. The number of anilines is 1. The van der Waals surface area contributed by atoms with Gasteiger partial charge in [0, 0.05) is 16.8 Å². The van der Waals surface area contributed by atoms with Crippen molar-refractivity contribution in [1.82, 2.24) is 5.32 Å². The van der Waals surface area contributed by atoms with Crippen LogP contribution in [0.25, 0.3) is 0 Å². The van der Waals surface area contributed by atoms with Crippen molar-refractivity contribution in [3.05, 3.63) is 29.3 Å². The smallest absolute Gasteiger partial charge is 0.306 e. The number of carbonyl (C=O) groups excluding carboxylic acids is 1. The third-order valence-corrected chi connectivity index (χ3v) is 3.95. The Hall–Kier alpha value is -1.59. The van der Waals surface area contributed by atoms with Crippen molar-refractivity contribution in [3.8, 4) is 0 Å². The molecule has 0 saturated heterocycles. The van der Waals surface area contributed by atoms with Gasteiger partial charge in [0.1, 0.15) is 0 Å². The number of rotatable bonds is 5. The molecule has 1 amide bonds. The highest BCUT2D eigenvalue weighted by Gasteiger charge is 2.26. The average molecular weight is 311 g/mol. The van der Waals surface area contributed by atoms with Crippen molar-refractivity contribution in [2.75, 3.05) is 11.9 Å². The number of halogens is 1. The molecule has 0 radical (unpaired) electrons. The van der Waals surface area contributed by atoms with E-state index in [1.54, 1.807) is 24.3 Å². The number of amides is 1. The number of carboxylic acid groups (broad SMARTS) is 1. The van der Waals surface area contributed by atoms with E-state index in [4.69, 9.17) is 16.7 Å². The van der Waals surface area contributed by atoms with Crippen molar-refractivity contribution in [1.29, 1.82) is 0 Å². The van der Waals surface area contributed by atoms with Crippen molar-refractivity contribution in [2.45, 2.75) is 31.7 Å². The molecule has 1 aliphatic carbocycles. The van der Waals surface area contributed by atoms with Crippen molar-refractivity contribution in [2.24, 2.45) is 5.92 Å². The Kier molecular flexibility index (Phi) is 5.59. The summed E-state index contributed by atoms with van der Waals surface area (Å²) in [6.45, 7) is 0.180. The molecule has 2 atom stereocenters. The Morgan fingerprint density at radius 1 is 1.24 bits per heavy atom. The first-order valence-corrected chi connectivity index (χ1v) is 7.44. The van der Waals surface area contributed by atoms with Crippen LogP contribution >= 0.6 is 11.6 Å². The van der Waals surface area contributed by atoms with Crippen molar-refractivity contribution < 1.29 is 14.7 Å². The third kappa shape index (κ3) is 5.02. The molecule has 1 saturated carbocycles. The first kappa shape index (κ1) is 15.8. The first-order chi connectivity index (χ1) is 10.0. The largest absolute Gasteiger partial charge is 0.481 e. The molecule has 2 unspecified atom stereocenters. The maximum absolute atomic E-state index is 11.8. The Morgan fingerprint density at radius 2 is 1.95 bits per heavy atom. The number of hydrogen-bond donors (Lipinski definition) is 3. The summed E-state index contributed by atoms with van der Waals surface area (Å²) < 4.78 is 0. The SMILES string of the molecule is O=C(CNC1CCCC(C(=O)O)C1)Nc1ccc(Cl)cc1. The van der Waals surface area contributed by atoms with Crippen LogP contribution in [-0.2, 0) is 9.59 Å². The molecule has 1 aromatic carbocycles. The molecule has 0 bridgehead atoms. The Labute approximate surface area is 128 Å². The summed E-state index contributed by atoms with van der Waals surface area (Å²) in [6, 6.07) is 6.99. The highest BCUT2D eigenvalue weighted by Crippen LogP contribution is 2.24.